The molecule has 2 fully saturated rings. The Morgan fingerprint density at radius 1 is 1.17 bits per heavy atom. The maximum Gasteiger partial charge on any atom is 0.310 e. The first kappa shape index (κ1) is 21.4. The van der Waals surface area contributed by atoms with Gasteiger partial charge < -0.3 is 10.2 Å². The third-order valence-electron chi connectivity index (χ3n) is 5.49. The zero-order chi connectivity index (χ0) is 20.8. The number of aryl methyl sites for hydroxylation is 1. The summed E-state index contributed by atoms with van der Waals surface area (Å²) in [5, 5.41) is 7.58. The van der Waals surface area contributed by atoms with Crippen LogP contribution in [0.4, 0.5) is 0 Å². The number of ketones is 1. The van der Waals surface area contributed by atoms with Crippen molar-refractivity contribution in [2.45, 2.75) is 45.1 Å². The highest BCUT2D eigenvalue weighted by Gasteiger charge is 2.32. The van der Waals surface area contributed by atoms with Crippen molar-refractivity contribution < 1.29 is 14.4 Å². The van der Waals surface area contributed by atoms with E-state index in [4.69, 9.17) is 0 Å². The van der Waals surface area contributed by atoms with E-state index >= 15 is 0 Å². The van der Waals surface area contributed by atoms with Crippen molar-refractivity contribution in [2.75, 3.05) is 19.3 Å². The molecule has 0 aromatic heterocycles. The summed E-state index contributed by atoms with van der Waals surface area (Å²) in [6.45, 7) is 2.71. The zero-order valence-corrected chi connectivity index (χ0v) is 17.8. The lowest BCUT2D eigenvalue weighted by molar-refractivity contribution is -0.140. The van der Waals surface area contributed by atoms with E-state index in [0.29, 0.717) is 10.7 Å². The van der Waals surface area contributed by atoms with Gasteiger partial charge in [-0.25, -0.2) is 5.43 Å². The maximum atomic E-state index is 13.0. The summed E-state index contributed by atoms with van der Waals surface area (Å²) in [5.41, 5.74) is 3.85. The Morgan fingerprint density at radius 2 is 1.90 bits per heavy atom. The molecule has 1 atom stereocenters. The van der Waals surface area contributed by atoms with E-state index in [9.17, 15) is 14.4 Å². The van der Waals surface area contributed by atoms with Crippen LogP contribution in [0.1, 0.15) is 49.3 Å². The number of amides is 2. The van der Waals surface area contributed by atoms with Crippen molar-refractivity contribution in [1.82, 2.24) is 15.6 Å². The standard InChI is InChI=1S/C21H28N4O3S/c1-14-8-6-7-11-16(14)17(22-19(27)15-9-4-3-5-10-15)18(26)20(28)23-24-21-25(2)12-13-29-21/h6-8,11,15,17H,3-5,9-10,12-13H2,1-2H3,(H,22,27)(H,23,28)/b24-21-. The molecule has 1 aromatic carbocycles. The fraction of sp³-hybridized carbons (Fsp3) is 0.524. The first-order chi connectivity index (χ1) is 14.0. The van der Waals surface area contributed by atoms with Gasteiger partial charge in [-0.2, -0.15) is 0 Å². The molecule has 1 aromatic rings. The minimum atomic E-state index is -1.01. The first-order valence-electron chi connectivity index (χ1n) is 10.1. The quantitative estimate of drug-likeness (QED) is 0.549. The van der Waals surface area contributed by atoms with Gasteiger partial charge in [-0.05, 0) is 30.9 Å². The lowest BCUT2D eigenvalue weighted by Gasteiger charge is -2.25. The van der Waals surface area contributed by atoms with Crippen molar-refractivity contribution in [1.29, 1.82) is 0 Å². The van der Waals surface area contributed by atoms with Gasteiger partial charge >= 0.3 is 5.91 Å². The molecule has 2 N–H and O–H groups in total. The van der Waals surface area contributed by atoms with Crippen LogP contribution in [0.5, 0.6) is 0 Å². The van der Waals surface area contributed by atoms with Crippen LogP contribution in [0, 0.1) is 12.8 Å². The second kappa shape index (κ2) is 9.91. The summed E-state index contributed by atoms with van der Waals surface area (Å²) >= 11 is 1.52. The molecule has 2 amide bonds. The predicted molar refractivity (Wildman–Crippen MR) is 114 cm³/mol. The van der Waals surface area contributed by atoms with Crippen LogP contribution in [-0.2, 0) is 14.4 Å². The van der Waals surface area contributed by atoms with Crippen LogP contribution in [0.3, 0.4) is 0 Å². The number of carbonyl (C=O) groups excluding carboxylic acids is 3. The Labute approximate surface area is 175 Å². The predicted octanol–water partition coefficient (Wildman–Crippen LogP) is 2.37. The van der Waals surface area contributed by atoms with Gasteiger partial charge in [0.25, 0.3) is 0 Å². The Hall–Kier alpha value is -2.35. The molecular weight excluding hydrogens is 388 g/mol. The average Bonchev–Trinajstić information content (AvgIpc) is 3.15. The molecule has 0 spiro atoms. The van der Waals surface area contributed by atoms with E-state index in [-0.39, 0.29) is 11.8 Å². The van der Waals surface area contributed by atoms with E-state index in [2.05, 4.69) is 15.8 Å². The summed E-state index contributed by atoms with van der Waals surface area (Å²) in [4.78, 5) is 40.2. The molecule has 0 radical (unpaired) electrons. The number of rotatable bonds is 6. The van der Waals surface area contributed by atoms with E-state index < -0.39 is 17.7 Å². The lowest BCUT2D eigenvalue weighted by atomic mass is 9.88. The normalized spacial score (nSPS) is 19.8. The van der Waals surface area contributed by atoms with Crippen molar-refractivity contribution in [3.8, 4) is 0 Å². The molecule has 7 nitrogen and oxygen atoms in total. The number of amidine groups is 1. The van der Waals surface area contributed by atoms with Crippen molar-refractivity contribution >= 4 is 34.5 Å². The summed E-state index contributed by atoms with van der Waals surface area (Å²) in [7, 11) is 1.88. The molecule has 2 aliphatic rings. The van der Waals surface area contributed by atoms with Crippen molar-refractivity contribution in [3.05, 3.63) is 35.4 Å². The molecule has 29 heavy (non-hydrogen) atoms. The Balaban J connectivity index is 1.76. The molecule has 156 valence electrons. The van der Waals surface area contributed by atoms with Crippen LogP contribution in [-0.4, -0.2) is 47.0 Å². The number of Topliss-reactive ketones (excluding diaryl/α,β-unsaturated/α-hetero) is 1. The number of nitrogens with zero attached hydrogens (tertiary/aromatic N) is 2. The minimum absolute atomic E-state index is 0.102. The van der Waals surface area contributed by atoms with Crippen molar-refractivity contribution in [2.24, 2.45) is 11.0 Å². The number of thioether (sulfide) groups is 1. The molecular formula is C21H28N4O3S. The fourth-order valence-electron chi connectivity index (χ4n) is 3.70. The molecule has 1 saturated carbocycles. The van der Waals surface area contributed by atoms with Gasteiger partial charge in [-0.15, -0.1) is 5.10 Å². The third kappa shape index (κ3) is 5.38. The van der Waals surface area contributed by atoms with E-state index in [1.807, 2.05) is 31.0 Å². The zero-order valence-electron chi connectivity index (χ0n) is 16.9. The highest BCUT2D eigenvalue weighted by molar-refractivity contribution is 8.14. The van der Waals surface area contributed by atoms with Gasteiger partial charge in [0, 0.05) is 25.3 Å². The smallest absolute Gasteiger partial charge is 0.310 e. The number of nitrogens with one attached hydrogen (secondary N) is 2. The molecule has 0 bridgehead atoms. The molecule has 1 aliphatic carbocycles. The van der Waals surface area contributed by atoms with Gasteiger partial charge in [0.1, 0.15) is 6.04 Å². The third-order valence-corrected chi connectivity index (χ3v) is 6.53. The van der Waals surface area contributed by atoms with E-state index in [1.165, 1.54) is 11.8 Å². The SMILES string of the molecule is Cc1ccccc1C(NC(=O)C1CCCCC1)C(=O)C(=O)N/N=C1\SCCN1C. The van der Waals surface area contributed by atoms with Gasteiger partial charge in [0.05, 0.1) is 0 Å². The van der Waals surface area contributed by atoms with Gasteiger partial charge in [0.15, 0.2) is 5.17 Å². The minimum Gasteiger partial charge on any atom is -0.352 e. The average molecular weight is 417 g/mol. The highest BCUT2D eigenvalue weighted by atomic mass is 32.2. The van der Waals surface area contributed by atoms with Gasteiger partial charge in [0.2, 0.25) is 11.7 Å². The Morgan fingerprint density at radius 3 is 2.55 bits per heavy atom. The fourth-order valence-corrected chi connectivity index (χ4v) is 4.67. The Bertz CT molecular complexity index is 805. The topological polar surface area (TPSA) is 90.9 Å². The summed E-state index contributed by atoms with van der Waals surface area (Å²) < 4.78 is 0. The first-order valence-corrected chi connectivity index (χ1v) is 11.1. The van der Waals surface area contributed by atoms with Crippen LogP contribution >= 0.6 is 11.8 Å². The monoisotopic (exact) mass is 416 g/mol. The number of carbonyl (C=O) groups is 3. The molecule has 8 heteroatoms. The summed E-state index contributed by atoms with van der Waals surface area (Å²) in [5.74, 6) is -0.900. The van der Waals surface area contributed by atoms with Crippen molar-refractivity contribution in [3.63, 3.8) is 0 Å². The van der Waals surface area contributed by atoms with Crippen LogP contribution in [0.25, 0.3) is 0 Å². The molecule has 1 aliphatic heterocycles. The molecule has 1 unspecified atom stereocenters. The van der Waals surface area contributed by atoms with Crippen LogP contribution in [0.2, 0.25) is 0 Å². The molecule has 3 rings (SSSR count). The summed E-state index contributed by atoms with van der Waals surface area (Å²) in [6.07, 6.45) is 4.82. The van der Waals surface area contributed by atoms with E-state index in [1.54, 1.807) is 12.1 Å². The van der Waals surface area contributed by atoms with E-state index in [0.717, 1.165) is 50.0 Å². The number of hydrogen-bond donors (Lipinski definition) is 2. The van der Waals surface area contributed by atoms with Gasteiger partial charge in [-0.1, -0.05) is 55.3 Å². The summed E-state index contributed by atoms with van der Waals surface area (Å²) in [6, 6.07) is 6.30. The van der Waals surface area contributed by atoms with Gasteiger partial charge in [-0.3, -0.25) is 14.4 Å². The number of hydrazone groups is 1. The lowest BCUT2D eigenvalue weighted by Crippen LogP contribution is -2.43. The van der Waals surface area contributed by atoms with Crippen LogP contribution < -0.4 is 10.7 Å². The second-order valence-electron chi connectivity index (χ2n) is 7.60. The number of benzene rings is 1. The molecule has 1 saturated heterocycles. The Kier molecular flexibility index (Phi) is 7.30. The second-order valence-corrected chi connectivity index (χ2v) is 8.66. The largest absolute Gasteiger partial charge is 0.352 e. The molecule has 1 heterocycles. The van der Waals surface area contributed by atoms with Crippen LogP contribution in [0.15, 0.2) is 29.4 Å². The highest BCUT2D eigenvalue weighted by Crippen LogP contribution is 2.26. The number of hydrogen-bond acceptors (Lipinski definition) is 5. The maximum absolute atomic E-state index is 13.0.